The Morgan fingerprint density at radius 1 is 0.208 bits per heavy atom. The maximum atomic E-state index is 2.37. The Morgan fingerprint density at radius 3 is 1.15 bits per heavy atom. The van der Waals surface area contributed by atoms with Crippen LogP contribution in [0.15, 0.2) is 194 Å². The third kappa shape index (κ3) is 4.87. The van der Waals surface area contributed by atoms with Crippen LogP contribution in [-0.2, 0) is 0 Å². The summed E-state index contributed by atoms with van der Waals surface area (Å²) in [5, 5.41) is 7.58. The van der Waals surface area contributed by atoms with E-state index in [1.54, 1.807) is 0 Å². The highest BCUT2D eigenvalue weighted by Crippen LogP contribution is 2.45. The van der Waals surface area contributed by atoms with E-state index in [1.807, 2.05) is 0 Å². The lowest BCUT2D eigenvalue weighted by Crippen LogP contribution is -1.92. The Balaban J connectivity index is 1.23. The average Bonchev–Trinajstić information content (AvgIpc) is 3.17. The third-order valence-electron chi connectivity index (χ3n) is 9.64. The molecule has 0 heterocycles. The smallest absolute Gasteiger partial charge is 0.00262 e. The molecule has 0 bridgehead atoms. The molecule has 0 fully saturated rings. The summed E-state index contributed by atoms with van der Waals surface area (Å²) in [5.74, 6) is 0. The van der Waals surface area contributed by atoms with Crippen molar-refractivity contribution in [2.45, 2.75) is 0 Å². The highest BCUT2D eigenvalue weighted by atomic mass is 14.2. The molecule has 0 aliphatic rings. The number of benzene rings is 9. The monoisotopic (exact) mass is 608 g/mol. The Bertz CT molecular complexity index is 2550. The first-order chi connectivity index (χ1) is 23.8. The van der Waals surface area contributed by atoms with Crippen molar-refractivity contribution in [1.82, 2.24) is 0 Å². The molecule has 224 valence electrons. The molecule has 0 saturated heterocycles. The first kappa shape index (κ1) is 28.0. The number of rotatable bonds is 5. The standard InChI is InChI=1S/C48H32/c1-2-14-33(15-3-1)35-18-10-19-36(30-35)37-20-11-22-39(31-37)47-43-25-6-8-27-45(43)48(46-28-9-7-26-44(46)47)40-23-12-21-38(32-40)42-29-13-17-34-16-4-5-24-41(34)42/h1-32H. The molecule has 0 aliphatic heterocycles. The van der Waals surface area contributed by atoms with Crippen LogP contribution in [0.4, 0.5) is 0 Å². The predicted molar refractivity (Wildman–Crippen MR) is 206 cm³/mol. The van der Waals surface area contributed by atoms with Crippen LogP contribution in [0, 0.1) is 0 Å². The fraction of sp³-hybridized carbons (Fsp3) is 0. The normalized spacial score (nSPS) is 11.3. The van der Waals surface area contributed by atoms with Gasteiger partial charge in [0.05, 0.1) is 0 Å². The van der Waals surface area contributed by atoms with Gasteiger partial charge in [0.25, 0.3) is 0 Å². The lowest BCUT2D eigenvalue weighted by atomic mass is 9.84. The molecular formula is C48H32. The minimum atomic E-state index is 1.21. The lowest BCUT2D eigenvalue weighted by Gasteiger charge is -2.19. The van der Waals surface area contributed by atoms with Gasteiger partial charge in [-0.05, 0) is 106 Å². The molecule has 9 aromatic rings. The van der Waals surface area contributed by atoms with E-state index in [-0.39, 0.29) is 0 Å². The zero-order valence-electron chi connectivity index (χ0n) is 26.5. The molecule has 0 saturated carbocycles. The molecule has 0 radical (unpaired) electrons. The van der Waals surface area contributed by atoms with Crippen LogP contribution < -0.4 is 0 Å². The summed E-state index contributed by atoms with van der Waals surface area (Å²) in [7, 11) is 0. The van der Waals surface area contributed by atoms with Crippen molar-refractivity contribution in [2.75, 3.05) is 0 Å². The highest BCUT2D eigenvalue weighted by Gasteiger charge is 2.17. The van der Waals surface area contributed by atoms with Gasteiger partial charge >= 0.3 is 0 Å². The summed E-state index contributed by atoms with van der Waals surface area (Å²) in [6.07, 6.45) is 0. The van der Waals surface area contributed by atoms with Crippen LogP contribution in [0.1, 0.15) is 0 Å². The maximum Gasteiger partial charge on any atom is -0.00262 e. The van der Waals surface area contributed by atoms with Crippen molar-refractivity contribution in [2.24, 2.45) is 0 Å². The largest absolute Gasteiger partial charge is 0.0622 e. The Labute approximate surface area is 281 Å². The molecule has 0 nitrogen and oxygen atoms in total. The van der Waals surface area contributed by atoms with Crippen molar-refractivity contribution < 1.29 is 0 Å². The van der Waals surface area contributed by atoms with E-state index in [0.717, 1.165) is 0 Å². The predicted octanol–water partition coefficient (Wildman–Crippen LogP) is 13.5. The summed E-state index contributed by atoms with van der Waals surface area (Å²) in [4.78, 5) is 0. The van der Waals surface area contributed by atoms with E-state index >= 15 is 0 Å². The number of fused-ring (bicyclic) bond motifs is 3. The van der Waals surface area contributed by atoms with Crippen LogP contribution in [0.25, 0.3) is 88.0 Å². The fourth-order valence-electron chi connectivity index (χ4n) is 7.43. The molecule has 0 amide bonds. The quantitative estimate of drug-likeness (QED) is 0.171. The summed E-state index contributed by atoms with van der Waals surface area (Å²) >= 11 is 0. The van der Waals surface area contributed by atoms with Crippen molar-refractivity contribution in [3.05, 3.63) is 194 Å². The summed E-state index contributed by atoms with van der Waals surface area (Å²) in [6.45, 7) is 0. The highest BCUT2D eigenvalue weighted by molar-refractivity contribution is 6.21. The van der Waals surface area contributed by atoms with Crippen LogP contribution in [0.3, 0.4) is 0 Å². The van der Waals surface area contributed by atoms with Crippen molar-refractivity contribution in [3.63, 3.8) is 0 Å². The van der Waals surface area contributed by atoms with Crippen molar-refractivity contribution >= 4 is 32.3 Å². The van der Waals surface area contributed by atoms with Crippen LogP contribution >= 0.6 is 0 Å². The van der Waals surface area contributed by atoms with E-state index in [2.05, 4.69) is 194 Å². The van der Waals surface area contributed by atoms with E-state index in [0.29, 0.717) is 0 Å². The molecule has 0 aliphatic carbocycles. The molecular weight excluding hydrogens is 577 g/mol. The first-order valence-corrected chi connectivity index (χ1v) is 16.6. The topological polar surface area (TPSA) is 0 Å². The maximum absolute atomic E-state index is 2.37. The molecule has 0 aromatic heterocycles. The minimum absolute atomic E-state index is 1.21. The van der Waals surface area contributed by atoms with Gasteiger partial charge in [-0.2, -0.15) is 0 Å². The molecule has 9 aromatic carbocycles. The Hall–Kier alpha value is -6.24. The SMILES string of the molecule is c1ccc(-c2cccc(-c3cccc(-c4c5ccccc5c(-c5cccc(-c6cccc7ccccc67)c5)c5ccccc45)c3)c2)cc1. The van der Waals surface area contributed by atoms with Gasteiger partial charge in [0.15, 0.2) is 0 Å². The molecule has 9 rings (SSSR count). The average molecular weight is 609 g/mol. The molecule has 0 heteroatoms. The second-order valence-electron chi connectivity index (χ2n) is 12.5. The summed E-state index contributed by atoms with van der Waals surface area (Å²) in [6, 6.07) is 70.7. The number of hydrogen-bond acceptors (Lipinski definition) is 0. The summed E-state index contributed by atoms with van der Waals surface area (Å²) < 4.78 is 0. The van der Waals surface area contributed by atoms with Gasteiger partial charge in [0.1, 0.15) is 0 Å². The first-order valence-electron chi connectivity index (χ1n) is 16.6. The van der Waals surface area contributed by atoms with E-state index < -0.39 is 0 Å². The van der Waals surface area contributed by atoms with Gasteiger partial charge in [-0.15, -0.1) is 0 Å². The van der Waals surface area contributed by atoms with Crippen LogP contribution in [0.5, 0.6) is 0 Å². The van der Waals surface area contributed by atoms with E-state index in [4.69, 9.17) is 0 Å². The minimum Gasteiger partial charge on any atom is -0.0622 e. The van der Waals surface area contributed by atoms with Gasteiger partial charge in [-0.1, -0.05) is 176 Å². The zero-order valence-corrected chi connectivity index (χ0v) is 26.5. The Morgan fingerprint density at radius 2 is 0.562 bits per heavy atom. The third-order valence-corrected chi connectivity index (χ3v) is 9.64. The van der Waals surface area contributed by atoms with Gasteiger partial charge in [0, 0.05) is 0 Å². The molecule has 48 heavy (non-hydrogen) atoms. The molecule has 0 atom stereocenters. The van der Waals surface area contributed by atoms with Crippen molar-refractivity contribution in [3.8, 4) is 55.6 Å². The van der Waals surface area contributed by atoms with Gasteiger partial charge in [-0.3, -0.25) is 0 Å². The van der Waals surface area contributed by atoms with Gasteiger partial charge < -0.3 is 0 Å². The molecule has 0 unspecified atom stereocenters. The molecule has 0 spiro atoms. The van der Waals surface area contributed by atoms with Crippen molar-refractivity contribution in [1.29, 1.82) is 0 Å². The second kappa shape index (κ2) is 11.8. The van der Waals surface area contributed by atoms with Crippen LogP contribution in [0.2, 0.25) is 0 Å². The van der Waals surface area contributed by atoms with Gasteiger partial charge in [-0.25, -0.2) is 0 Å². The zero-order chi connectivity index (χ0) is 31.9. The molecule has 0 N–H and O–H groups in total. The van der Waals surface area contributed by atoms with E-state index in [1.165, 1.54) is 88.0 Å². The fourth-order valence-corrected chi connectivity index (χ4v) is 7.43. The Kier molecular flexibility index (Phi) is 6.91. The summed E-state index contributed by atoms with van der Waals surface area (Å²) in [5.41, 5.74) is 12.4. The van der Waals surface area contributed by atoms with Crippen LogP contribution in [-0.4, -0.2) is 0 Å². The van der Waals surface area contributed by atoms with Gasteiger partial charge in [0.2, 0.25) is 0 Å². The van der Waals surface area contributed by atoms with E-state index in [9.17, 15) is 0 Å². The second-order valence-corrected chi connectivity index (χ2v) is 12.5. The number of hydrogen-bond donors (Lipinski definition) is 0. The lowest BCUT2D eigenvalue weighted by molar-refractivity contribution is 1.58.